The van der Waals surface area contributed by atoms with Gasteiger partial charge in [0, 0.05) is 6.07 Å². The normalized spacial score (nSPS) is 24.9. The summed E-state index contributed by atoms with van der Waals surface area (Å²) in [6, 6.07) is 3.91. The summed E-state index contributed by atoms with van der Waals surface area (Å²) in [5, 5.41) is 0. The van der Waals surface area contributed by atoms with Crippen molar-refractivity contribution in [2.75, 3.05) is 0 Å². The van der Waals surface area contributed by atoms with Crippen LogP contribution in [0.25, 0.3) is 0 Å². The number of benzene rings is 1. The van der Waals surface area contributed by atoms with E-state index in [0.717, 1.165) is 30.7 Å². The van der Waals surface area contributed by atoms with Crippen molar-refractivity contribution >= 4 is 0 Å². The van der Waals surface area contributed by atoms with Crippen molar-refractivity contribution in [3.05, 3.63) is 35.4 Å². The minimum Gasteiger partial charge on any atom is -0.207 e. The first-order chi connectivity index (χ1) is 8.15. The van der Waals surface area contributed by atoms with Crippen LogP contribution in [0.3, 0.4) is 0 Å². The molecule has 0 aromatic heterocycles. The Morgan fingerprint density at radius 2 is 1.82 bits per heavy atom. The van der Waals surface area contributed by atoms with Crippen LogP contribution in [0.2, 0.25) is 0 Å². The zero-order valence-electron chi connectivity index (χ0n) is 10.4. The zero-order chi connectivity index (χ0) is 12.3. The van der Waals surface area contributed by atoms with E-state index in [4.69, 9.17) is 0 Å². The SMILES string of the molecule is C[C@H]1CC[C@H](CCc2ccc(F)cc2F)CC1. The van der Waals surface area contributed by atoms with E-state index in [1.807, 2.05) is 0 Å². The third kappa shape index (κ3) is 3.52. The number of aryl methyl sites for hydroxylation is 1. The highest BCUT2D eigenvalue weighted by Gasteiger charge is 2.18. The molecule has 2 rings (SSSR count). The van der Waals surface area contributed by atoms with Gasteiger partial charge in [-0.05, 0) is 36.3 Å². The van der Waals surface area contributed by atoms with E-state index < -0.39 is 11.6 Å². The van der Waals surface area contributed by atoms with Gasteiger partial charge in [-0.1, -0.05) is 38.7 Å². The summed E-state index contributed by atoms with van der Waals surface area (Å²) in [7, 11) is 0. The van der Waals surface area contributed by atoms with Crippen LogP contribution in [0.4, 0.5) is 8.78 Å². The second-order valence-electron chi connectivity index (χ2n) is 5.40. The molecule has 17 heavy (non-hydrogen) atoms. The summed E-state index contributed by atoms with van der Waals surface area (Å²) in [6.45, 7) is 2.30. The van der Waals surface area contributed by atoms with Crippen LogP contribution < -0.4 is 0 Å². The lowest BCUT2D eigenvalue weighted by molar-refractivity contribution is 0.277. The highest BCUT2D eigenvalue weighted by Crippen LogP contribution is 2.31. The lowest BCUT2D eigenvalue weighted by Gasteiger charge is -2.26. The largest absolute Gasteiger partial charge is 0.207 e. The molecule has 1 fully saturated rings. The molecule has 0 aliphatic heterocycles. The van der Waals surface area contributed by atoms with Gasteiger partial charge in [-0.15, -0.1) is 0 Å². The lowest BCUT2D eigenvalue weighted by atomic mass is 9.80. The Morgan fingerprint density at radius 3 is 2.47 bits per heavy atom. The van der Waals surface area contributed by atoms with Crippen LogP contribution >= 0.6 is 0 Å². The number of rotatable bonds is 3. The highest BCUT2D eigenvalue weighted by atomic mass is 19.1. The monoisotopic (exact) mass is 238 g/mol. The summed E-state index contributed by atoms with van der Waals surface area (Å²) in [5.74, 6) is 0.705. The van der Waals surface area contributed by atoms with Crippen LogP contribution in [0, 0.1) is 23.5 Å². The molecule has 1 aliphatic carbocycles. The summed E-state index contributed by atoms with van der Waals surface area (Å²) >= 11 is 0. The third-order valence-corrected chi connectivity index (χ3v) is 3.97. The minimum absolute atomic E-state index is 0.394. The van der Waals surface area contributed by atoms with Crippen LogP contribution in [-0.4, -0.2) is 0 Å². The van der Waals surface area contributed by atoms with E-state index in [9.17, 15) is 8.78 Å². The van der Waals surface area contributed by atoms with Gasteiger partial charge in [-0.3, -0.25) is 0 Å². The smallest absolute Gasteiger partial charge is 0.129 e. The molecule has 1 aromatic rings. The summed E-state index contributed by atoms with van der Waals surface area (Å²) < 4.78 is 26.2. The molecule has 0 unspecified atom stereocenters. The quantitative estimate of drug-likeness (QED) is 0.714. The molecule has 1 aliphatic rings. The van der Waals surface area contributed by atoms with Crippen molar-refractivity contribution in [1.82, 2.24) is 0 Å². The van der Waals surface area contributed by atoms with E-state index in [2.05, 4.69) is 6.92 Å². The first-order valence-electron chi connectivity index (χ1n) is 6.59. The summed E-state index contributed by atoms with van der Waals surface area (Å²) in [5.41, 5.74) is 0.657. The van der Waals surface area contributed by atoms with Crippen molar-refractivity contribution < 1.29 is 8.78 Å². The number of halogens is 2. The fourth-order valence-electron chi connectivity index (χ4n) is 2.70. The van der Waals surface area contributed by atoms with Gasteiger partial charge in [0.2, 0.25) is 0 Å². The van der Waals surface area contributed by atoms with Gasteiger partial charge in [0.1, 0.15) is 11.6 Å². The predicted octanol–water partition coefficient (Wildman–Crippen LogP) is 4.72. The Labute approximate surface area is 102 Å². The van der Waals surface area contributed by atoms with E-state index in [0.29, 0.717) is 5.56 Å². The Kier molecular flexibility index (Phi) is 4.14. The number of hydrogen-bond acceptors (Lipinski definition) is 0. The highest BCUT2D eigenvalue weighted by molar-refractivity contribution is 5.18. The van der Waals surface area contributed by atoms with E-state index >= 15 is 0 Å². The Morgan fingerprint density at radius 1 is 1.12 bits per heavy atom. The molecular formula is C15H20F2. The van der Waals surface area contributed by atoms with Crippen molar-refractivity contribution in [2.24, 2.45) is 11.8 Å². The minimum atomic E-state index is -0.488. The number of hydrogen-bond donors (Lipinski definition) is 0. The Hall–Kier alpha value is -0.920. The first kappa shape index (κ1) is 12.5. The fraction of sp³-hybridized carbons (Fsp3) is 0.600. The topological polar surface area (TPSA) is 0 Å². The maximum absolute atomic E-state index is 13.4. The average molecular weight is 238 g/mol. The lowest BCUT2D eigenvalue weighted by Crippen LogP contribution is -2.13. The van der Waals surface area contributed by atoms with Crippen molar-refractivity contribution in [3.63, 3.8) is 0 Å². The Bertz CT molecular complexity index is 365. The molecule has 0 atom stereocenters. The van der Waals surface area contributed by atoms with Crippen LogP contribution in [0.1, 0.15) is 44.6 Å². The predicted molar refractivity (Wildman–Crippen MR) is 65.8 cm³/mol. The molecule has 0 N–H and O–H groups in total. The van der Waals surface area contributed by atoms with Crippen molar-refractivity contribution in [1.29, 1.82) is 0 Å². The average Bonchev–Trinajstić information content (AvgIpc) is 2.30. The van der Waals surface area contributed by atoms with Gasteiger partial charge in [0.15, 0.2) is 0 Å². The molecule has 0 saturated heterocycles. The molecule has 0 heterocycles. The van der Waals surface area contributed by atoms with Crippen LogP contribution in [0.5, 0.6) is 0 Å². The van der Waals surface area contributed by atoms with Crippen molar-refractivity contribution in [2.45, 2.75) is 45.4 Å². The standard InChI is InChI=1S/C15H20F2/c1-11-2-4-12(5-3-11)6-7-13-8-9-14(16)10-15(13)17/h8-12H,2-7H2,1H3/t11-,12-. The summed E-state index contributed by atoms with van der Waals surface area (Å²) in [4.78, 5) is 0. The van der Waals surface area contributed by atoms with E-state index in [-0.39, 0.29) is 0 Å². The van der Waals surface area contributed by atoms with Gasteiger partial charge in [-0.2, -0.15) is 0 Å². The van der Waals surface area contributed by atoms with Gasteiger partial charge in [-0.25, -0.2) is 8.78 Å². The maximum atomic E-state index is 13.4. The van der Waals surface area contributed by atoms with Gasteiger partial charge >= 0.3 is 0 Å². The fourth-order valence-corrected chi connectivity index (χ4v) is 2.70. The molecule has 0 nitrogen and oxygen atoms in total. The molecule has 0 amide bonds. The molecule has 1 saturated carbocycles. The zero-order valence-corrected chi connectivity index (χ0v) is 10.4. The van der Waals surface area contributed by atoms with Gasteiger partial charge in [0.25, 0.3) is 0 Å². The molecule has 0 radical (unpaired) electrons. The van der Waals surface area contributed by atoms with Gasteiger partial charge < -0.3 is 0 Å². The van der Waals surface area contributed by atoms with E-state index in [1.165, 1.54) is 31.7 Å². The van der Waals surface area contributed by atoms with E-state index in [1.54, 1.807) is 6.07 Å². The first-order valence-corrected chi connectivity index (χ1v) is 6.59. The van der Waals surface area contributed by atoms with Crippen LogP contribution in [0.15, 0.2) is 18.2 Å². The molecule has 2 heteroatoms. The van der Waals surface area contributed by atoms with Crippen molar-refractivity contribution in [3.8, 4) is 0 Å². The molecule has 0 bridgehead atoms. The maximum Gasteiger partial charge on any atom is 0.129 e. The molecule has 94 valence electrons. The molecule has 0 spiro atoms. The molecule has 1 aromatic carbocycles. The van der Waals surface area contributed by atoms with Gasteiger partial charge in [0.05, 0.1) is 0 Å². The second kappa shape index (κ2) is 5.61. The Balaban J connectivity index is 1.85. The third-order valence-electron chi connectivity index (χ3n) is 3.97. The second-order valence-corrected chi connectivity index (χ2v) is 5.40. The van der Waals surface area contributed by atoms with Crippen LogP contribution in [-0.2, 0) is 6.42 Å². The molecular weight excluding hydrogens is 218 g/mol. The summed E-state index contributed by atoms with van der Waals surface area (Å²) in [6.07, 6.45) is 6.92.